The fourth-order valence-corrected chi connectivity index (χ4v) is 2.34. The second-order valence-electron chi connectivity index (χ2n) is 4.01. The molecular formula is C13H11ClINO3. The topological polar surface area (TPSA) is 62.5 Å². The number of carbonyl (C=O) groups is 1. The highest BCUT2D eigenvalue weighted by molar-refractivity contribution is 14.1. The molecule has 0 aliphatic carbocycles. The smallest absolute Gasteiger partial charge is 0.372 e. The van der Waals surface area contributed by atoms with E-state index in [1.807, 2.05) is 18.2 Å². The zero-order valence-electron chi connectivity index (χ0n) is 10.0. The summed E-state index contributed by atoms with van der Waals surface area (Å²) in [4.78, 5) is 10.9. The van der Waals surface area contributed by atoms with Crippen molar-refractivity contribution >= 4 is 45.8 Å². The number of hydrogen-bond acceptors (Lipinski definition) is 3. The van der Waals surface area contributed by atoms with Gasteiger partial charge in [0.05, 0.1) is 17.3 Å². The van der Waals surface area contributed by atoms with Gasteiger partial charge < -0.3 is 14.8 Å². The van der Waals surface area contributed by atoms with Gasteiger partial charge in [0, 0.05) is 9.13 Å². The number of carboxylic acids is 1. The van der Waals surface area contributed by atoms with E-state index in [9.17, 15) is 4.79 Å². The van der Waals surface area contributed by atoms with Crippen LogP contribution in [0.4, 0.5) is 5.69 Å². The molecule has 0 aliphatic heterocycles. The molecule has 0 fully saturated rings. The Kier molecular flexibility index (Phi) is 4.36. The highest BCUT2D eigenvalue weighted by Crippen LogP contribution is 2.25. The summed E-state index contributed by atoms with van der Waals surface area (Å²) in [5, 5.41) is 12.6. The minimum absolute atomic E-state index is 0.0226. The normalized spacial score (nSPS) is 10.5. The molecule has 2 rings (SSSR count). The lowest BCUT2D eigenvalue weighted by molar-refractivity contribution is 0.0659. The number of furan rings is 1. The van der Waals surface area contributed by atoms with Gasteiger partial charge in [-0.15, -0.1) is 0 Å². The van der Waals surface area contributed by atoms with Crippen molar-refractivity contribution in [2.75, 3.05) is 5.32 Å². The van der Waals surface area contributed by atoms with E-state index >= 15 is 0 Å². The number of nitrogens with one attached hydrogen (secondary N) is 1. The molecule has 0 amide bonds. The van der Waals surface area contributed by atoms with Gasteiger partial charge in [-0.3, -0.25) is 0 Å². The van der Waals surface area contributed by atoms with Crippen LogP contribution in [0.1, 0.15) is 21.9 Å². The Morgan fingerprint density at radius 2 is 2.21 bits per heavy atom. The predicted molar refractivity (Wildman–Crippen MR) is 81.9 cm³/mol. The van der Waals surface area contributed by atoms with Gasteiger partial charge in [-0.2, -0.15) is 0 Å². The number of hydrogen-bond donors (Lipinski definition) is 2. The van der Waals surface area contributed by atoms with E-state index in [0.717, 1.165) is 9.26 Å². The van der Waals surface area contributed by atoms with E-state index in [1.165, 1.54) is 0 Å². The quantitative estimate of drug-likeness (QED) is 0.769. The van der Waals surface area contributed by atoms with Crippen LogP contribution in [0.15, 0.2) is 28.7 Å². The summed E-state index contributed by atoms with van der Waals surface area (Å²) in [6, 6.07) is 7.34. The lowest BCUT2D eigenvalue weighted by atomic mass is 10.2. The van der Waals surface area contributed by atoms with Gasteiger partial charge in [0.15, 0.2) is 0 Å². The second kappa shape index (κ2) is 5.83. The first-order valence-corrected chi connectivity index (χ1v) is 6.94. The van der Waals surface area contributed by atoms with Crippen molar-refractivity contribution in [1.29, 1.82) is 0 Å². The number of halogens is 2. The average molecular weight is 392 g/mol. The molecule has 0 saturated heterocycles. The first-order valence-electron chi connectivity index (χ1n) is 5.49. The SMILES string of the molecule is Cc1cc(CNc2cc(I)ccc2Cl)oc1C(=O)O. The summed E-state index contributed by atoms with van der Waals surface area (Å²) < 4.78 is 6.32. The number of anilines is 1. The van der Waals surface area contributed by atoms with Gasteiger partial charge in [0.1, 0.15) is 5.76 Å². The van der Waals surface area contributed by atoms with Crippen molar-refractivity contribution in [3.63, 3.8) is 0 Å². The van der Waals surface area contributed by atoms with E-state index in [4.69, 9.17) is 21.1 Å². The van der Waals surface area contributed by atoms with Crippen molar-refractivity contribution in [1.82, 2.24) is 0 Å². The van der Waals surface area contributed by atoms with Crippen molar-refractivity contribution < 1.29 is 14.3 Å². The summed E-state index contributed by atoms with van der Waals surface area (Å²) in [6.45, 7) is 2.09. The number of rotatable bonds is 4. The maximum absolute atomic E-state index is 10.9. The maximum Gasteiger partial charge on any atom is 0.372 e. The third-order valence-corrected chi connectivity index (χ3v) is 3.55. The van der Waals surface area contributed by atoms with Gasteiger partial charge in [-0.05, 0) is 53.8 Å². The highest BCUT2D eigenvalue weighted by atomic mass is 127. The molecule has 0 unspecified atom stereocenters. The van der Waals surface area contributed by atoms with Crippen LogP contribution >= 0.6 is 34.2 Å². The van der Waals surface area contributed by atoms with Crippen LogP contribution in [0.3, 0.4) is 0 Å². The van der Waals surface area contributed by atoms with E-state index < -0.39 is 5.97 Å². The summed E-state index contributed by atoms with van der Waals surface area (Å²) in [5.74, 6) is -0.522. The van der Waals surface area contributed by atoms with E-state index in [2.05, 4.69) is 27.9 Å². The van der Waals surface area contributed by atoms with E-state index in [0.29, 0.717) is 22.9 Å². The fraction of sp³-hybridized carbons (Fsp3) is 0.154. The first kappa shape index (κ1) is 14.2. The van der Waals surface area contributed by atoms with Crippen LogP contribution in [-0.4, -0.2) is 11.1 Å². The van der Waals surface area contributed by atoms with Gasteiger partial charge in [-0.1, -0.05) is 11.6 Å². The fourth-order valence-electron chi connectivity index (χ4n) is 1.66. The molecule has 1 aromatic heterocycles. The first-order chi connectivity index (χ1) is 8.97. The summed E-state index contributed by atoms with van der Waals surface area (Å²) in [7, 11) is 0. The van der Waals surface area contributed by atoms with Crippen LogP contribution in [0.2, 0.25) is 5.02 Å². The number of benzene rings is 1. The highest BCUT2D eigenvalue weighted by Gasteiger charge is 2.14. The molecule has 0 atom stereocenters. The Morgan fingerprint density at radius 1 is 1.47 bits per heavy atom. The molecule has 19 heavy (non-hydrogen) atoms. The van der Waals surface area contributed by atoms with Crippen molar-refractivity contribution in [2.45, 2.75) is 13.5 Å². The summed E-state index contributed by atoms with van der Waals surface area (Å²) >= 11 is 8.25. The molecule has 0 saturated carbocycles. The van der Waals surface area contributed by atoms with Crippen molar-refractivity contribution in [3.05, 3.63) is 49.9 Å². The van der Waals surface area contributed by atoms with Gasteiger partial charge in [-0.25, -0.2) is 4.79 Å². The summed E-state index contributed by atoms with van der Waals surface area (Å²) in [5.41, 5.74) is 1.40. The molecule has 1 heterocycles. The molecule has 1 aromatic carbocycles. The number of aromatic carboxylic acids is 1. The third kappa shape index (κ3) is 3.42. The Labute approximate surface area is 128 Å². The molecule has 6 heteroatoms. The second-order valence-corrected chi connectivity index (χ2v) is 5.66. The van der Waals surface area contributed by atoms with Crippen LogP contribution in [0.25, 0.3) is 0 Å². The molecule has 0 spiro atoms. The lowest BCUT2D eigenvalue weighted by Crippen LogP contribution is -1.99. The summed E-state index contributed by atoms with van der Waals surface area (Å²) in [6.07, 6.45) is 0. The lowest BCUT2D eigenvalue weighted by Gasteiger charge is -2.07. The van der Waals surface area contributed by atoms with Crippen LogP contribution in [0, 0.1) is 10.5 Å². The molecule has 100 valence electrons. The third-order valence-electron chi connectivity index (χ3n) is 2.54. The minimum Gasteiger partial charge on any atom is -0.475 e. The van der Waals surface area contributed by atoms with Gasteiger partial charge in [0.25, 0.3) is 0 Å². The Bertz CT molecular complexity index is 624. The average Bonchev–Trinajstić information content (AvgIpc) is 2.72. The Balaban J connectivity index is 2.12. The maximum atomic E-state index is 10.9. The van der Waals surface area contributed by atoms with E-state index in [1.54, 1.807) is 13.0 Å². The molecule has 2 aromatic rings. The number of aryl methyl sites for hydroxylation is 1. The number of carboxylic acid groups (broad SMARTS) is 1. The van der Waals surface area contributed by atoms with Crippen LogP contribution in [-0.2, 0) is 6.54 Å². The molecule has 0 aliphatic rings. The molecule has 4 nitrogen and oxygen atoms in total. The largest absolute Gasteiger partial charge is 0.475 e. The Morgan fingerprint density at radius 3 is 2.84 bits per heavy atom. The molecule has 2 N–H and O–H groups in total. The van der Waals surface area contributed by atoms with Crippen LogP contribution in [0.5, 0.6) is 0 Å². The standard InChI is InChI=1S/C13H11ClINO3/c1-7-4-9(19-12(7)13(17)18)6-16-11-5-8(15)2-3-10(11)14/h2-5,16H,6H2,1H3,(H,17,18). The molecular weight excluding hydrogens is 381 g/mol. The van der Waals surface area contributed by atoms with Crippen molar-refractivity contribution in [2.24, 2.45) is 0 Å². The molecule has 0 radical (unpaired) electrons. The van der Waals surface area contributed by atoms with E-state index in [-0.39, 0.29) is 5.76 Å². The predicted octanol–water partition coefficient (Wildman–Crippen LogP) is 4.16. The zero-order valence-corrected chi connectivity index (χ0v) is 12.9. The Hall–Kier alpha value is -1.21. The minimum atomic E-state index is -1.06. The van der Waals surface area contributed by atoms with Gasteiger partial charge in [0.2, 0.25) is 5.76 Å². The molecule has 0 bridgehead atoms. The van der Waals surface area contributed by atoms with Gasteiger partial charge >= 0.3 is 5.97 Å². The zero-order chi connectivity index (χ0) is 14.0. The van der Waals surface area contributed by atoms with Crippen LogP contribution < -0.4 is 5.32 Å². The van der Waals surface area contributed by atoms with Crippen molar-refractivity contribution in [3.8, 4) is 0 Å². The monoisotopic (exact) mass is 391 g/mol.